The summed E-state index contributed by atoms with van der Waals surface area (Å²) in [4.78, 5) is 21.8. The Bertz CT molecular complexity index is 1680. The van der Waals surface area contributed by atoms with E-state index in [1.54, 1.807) is 7.11 Å². The van der Waals surface area contributed by atoms with E-state index in [1.807, 2.05) is 55.1 Å². The Kier molecular flexibility index (Phi) is 5.61. The average molecular weight is 494 g/mol. The fourth-order valence-corrected chi connectivity index (χ4v) is 6.21. The van der Waals surface area contributed by atoms with Gasteiger partial charge in [0, 0.05) is 30.9 Å². The first-order valence-corrected chi connectivity index (χ1v) is 12.9. The number of benzene rings is 3. The van der Waals surface area contributed by atoms with Crippen LogP contribution in [0.3, 0.4) is 0 Å². The van der Waals surface area contributed by atoms with E-state index < -0.39 is 0 Å². The molecule has 0 bridgehead atoms. The molecule has 36 heavy (non-hydrogen) atoms. The first-order valence-electron chi connectivity index (χ1n) is 12.1. The van der Waals surface area contributed by atoms with Crippen molar-refractivity contribution in [2.45, 2.75) is 18.9 Å². The molecule has 6 rings (SSSR count). The number of allylic oxidation sites excluding steroid dienone is 1. The molecule has 1 aliphatic heterocycles. The molecular formula is C30H27N3O2S. The van der Waals surface area contributed by atoms with Crippen molar-refractivity contribution in [2.75, 3.05) is 26.1 Å². The Hall–Kier alpha value is -3.90. The minimum Gasteiger partial charge on any atom is -0.496 e. The van der Waals surface area contributed by atoms with E-state index in [0.29, 0.717) is 4.53 Å². The van der Waals surface area contributed by atoms with Gasteiger partial charge in [0.2, 0.25) is 0 Å². The second kappa shape index (κ2) is 8.95. The average Bonchev–Trinajstić information content (AvgIpc) is 3.22. The van der Waals surface area contributed by atoms with Crippen LogP contribution in [0.2, 0.25) is 0 Å². The number of anilines is 1. The summed E-state index contributed by atoms with van der Waals surface area (Å²) in [6.07, 6.45) is 3.76. The number of hydrogen-bond acceptors (Lipinski definition) is 5. The van der Waals surface area contributed by atoms with Crippen molar-refractivity contribution in [3.63, 3.8) is 0 Å². The molecule has 0 spiro atoms. The monoisotopic (exact) mass is 493 g/mol. The highest BCUT2D eigenvalue weighted by Crippen LogP contribution is 2.43. The predicted molar refractivity (Wildman–Crippen MR) is 147 cm³/mol. The molecule has 1 aliphatic carbocycles. The van der Waals surface area contributed by atoms with Gasteiger partial charge in [-0.2, -0.15) is 0 Å². The van der Waals surface area contributed by atoms with Gasteiger partial charge in [0.25, 0.3) is 5.56 Å². The normalized spacial score (nSPS) is 16.6. The maximum Gasteiger partial charge on any atom is 0.271 e. The Morgan fingerprint density at radius 1 is 1.00 bits per heavy atom. The first-order chi connectivity index (χ1) is 17.5. The molecule has 0 saturated carbocycles. The zero-order valence-electron chi connectivity index (χ0n) is 20.6. The van der Waals surface area contributed by atoms with Crippen LogP contribution in [0.25, 0.3) is 11.8 Å². The molecule has 4 aromatic rings. The lowest BCUT2D eigenvalue weighted by Crippen LogP contribution is -2.39. The second-order valence-electron chi connectivity index (χ2n) is 9.34. The minimum atomic E-state index is -0.251. The van der Waals surface area contributed by atoms with E-state index in [9.17, 15) is 4.79 Å². The van der Waals surface area contributed by atoms with E-state index in [2.05, 4.69) is 47.4 Å². The SMILES string of the molecule is COc1ccccc1C1C2=C(N=c3s/c(=C\c4ccc(N(C)C)cc4)c(=O)n31)c1ccccc1CC2. The van der Waals surface area contributed by atoms with Gasteiger partial charge in [0.15, 0.2) is 4.80 Å². The third kappa shape index (κ3) is 3.69. The lowest BCUT2D eigenvalue weighted by Gasteiger charge is -2.31. The van der Waals surface area contributed by atoms with Crippen LogP contribution in [-0.2, 0) is 6.42 Å². The van der Waals surface area contributed by atoms with Gasteiger partial charge in [-0.25, -0.2) is 4.99 Å². The number of aryl methyl sites for hydroxylation is 1. The summed E-state index contributed by atoms with van der Waals surface area (Å²) >= 11 is 1.45. The summed E-state index contributed by atoms with van der Waals surface area (Å²) in [6.45, 7) is 0. The molecule has 1 aromatic heterocycles. The minimum absolute atomic E-state index is 0.0169. The number of ether oxygens (including phenoxy) is 1. The Morgan fingerprint density at radius 3 is 2.53 bits per heavy atom. The maximum atomic E-state index is 13.9. The molecule has 3 aromatic carbocycles. The number of rotatable bonds is 4. The van der Waals surface area contributed by atoms with Crippen LogP contribution in [0.1, 0.15) is 34.7 Å². The summed E-state index contributed by atoms with van der Waals surface area (Å²) in [5, 5.41) is 0. The molecule has 5 nitrogen and oxygen atoms in total. The fourth-order valence-electron chi connectivity index (χ4n) is 5.21. The van der Waals surface area contributed by atoms with Crippen LogP contribution < -0.4 is 24.5 Å². The van der Waals surface area contributed by atoms with E-state index in [4.69, 9.17) is 9.73 Å². The van der Waals surface area contributed by atoms with Gasteiger partial charge < -0.3 is 9.64 Å². The number of hydrogen-bond donors (Lipinski definition) is 0. The van der Waals surface area contributed by atoms with Crippen LogP contribution >= 0.6 is 11.3 Å². The van der Waals surface area contributed by atoms with E-state index in [-0.39, 0.29) is 11.6 Å². The highest BCUT2D eigenvalue weighted by molar-refractivity contribution is 7.07. The highest BCUT2D eigenvalue weighted by Gasteiger charge is 2.33. The molecule has 6 heteroatoms. The number of thiazole rings is 1. The largest absolute Gasteiger partial charge is 0.496 e. The van der Waals surface area contributed by atoms with Crippen molar-refractivity contribution in [3.8, 4) is 5.75 Å². The van der Waals surface area contributed by atoms with Crippen molar-refractivity contribution in [3.05, 3.63) is 120 Å². The van der Waals surface area contributed by atoms with E-state index >= 15 is 0 Å². The molecule has 2 heterocycles. The fraction of sp³-hybridized carbons (Fsp3) is 0.200. The quantitative estimate of drug-likeness (QED) is 0.424. The summed E-state index contributed by atoms with van der Waals surface area (Å²) in [5.41, 5.74) is 7.73. The molecule has 0 saturated heterocycles. The molecule has 0 N–H and O–H groups in total. The number of methoxy groups -OCH3 is 1. The molecule has 2 aliphatic rings. The van der Waals surface area contributed by atoms with Crippen molar-refractivity contribution >= 4 is 28.8 Å². The smallest absolute Gasteiger partial charge is 0.271 e. The van der Waals surface area contributed by atoms with Gasteiger partial charge in [0.1, 0.15) is 5.75 Å². The topological polar surface area (TPSA) is 46.8 Å². The predicted octanol–water partition coefficient (Wildman–Crippen LogP) is 4.39. The molecule has 0 amide bonds. The van der Waals surface area contributed by atoms with Crippen molar-refractivity contribution in [1.82, 2.24) is 4.57 Å². The molecule has 1 unspecified atom stereocenters. The maximum absolute atomic E-state index is 13.9. The van der Waals surface area contributed by atoms with Crippen LogP contribution in [0.5, 0.6) is 5.75 Å². The Labute approximate surface area is 213 Å². The van der Waals surface area contributed by atoms with Crippen molar-refractivity contribution in [2.24, 2.45) is 4.99 Å². The standard InChI is InChI=1S/C30H27N3O2S/c1-32(2)21-15-12-19(13-16-21)18-26-29(34)33-28(23-10-6-7-11-25(23)35-3)24-17-14-20-8-4-5-9-22(20)27(24)31-30(33)36-26/h4-13,15-16,18,28H,14,17H2,1-3H3/b26-18-. The van der Waals surface area contributed by atoms with Gasteiger partial charge >= 0.3 is 0 Å². The number of fused-ring (bicyclic) bond motifs is 3. The van der Waals surface area contributed by atoms with Crippen LogP contribution in [0, 0.1) is 0 Å². The van der Waals surface area contributed by atoms with Gasteiger partial charge in [0.05, 0.1) is 23.4 Å². The van der Waals surface area contributed by atoms with Crippen molar-refractivity contribution in [1.29, 1.82) is 0 Å². The Balaban J connectivity index is 1.59. The number of aromatic nitrogens is 1. The lowest BCUT2D eigenvalue weighted by molar-refractivity contribution is 0.402. The number of para-hydroxylation sites is 1. The number of nitrogens with zero attached hydrogens (tertiary/aromatic N) is 3. The summed E-state index contributed by atoms with van der Waals surface area (Å²) in [5.74, 6) is 0.781. The molecule has 0 radical (unpaired) electrons. The van der Waals surface area contributed by atoms with Gasteiger partial charge in [-0.15, -0.1) is 0 Å². The third-order valence-electron chi connectivity index (χ3n) is 7.01. The van der Waals surface area contributed by atoms with Crippen LogP contribution in [0.15, 0.2) is 88.2 Å². The summed E-state index contributed by atoms with van der Waals surface area (Å²) in [7, 11) is 5.72. The van der Waals surface area contributed by atoms with E-state index in [1.165, 1.54) is 22.5 Å². The van der Waals surface area contributed by atoms with Gasteiger partial charge in [-0.1, -0.05) is 65.9 Å². The zero-order valence-corrected chi connectivity index (χ0v) is 21.4. The van der Waals surface area contributed by atoms with Crippen LogP contribution in [-0.4, -0.2) is 25.8 Å². The Morgan fingerprint density at radius 2 is 1.75 bits per heavy atom. The lowest BCUT2D eigenvalue weighted by atomic mass is 9.83. The molecular weight excluding hydrogens is 466 g/mol. The highest BCUT2D eigenvalue weighted by atomic mass is 32.1. The molecule has 180 valence electrons. The first kappa shape index (κ1) is 22.6. The third-order valence-corrected chi connectivity index (χ3v) is 8.00. The van der Waals surface area contributed by atoms with Gasteiger partial charge in [-0.3, -0.25) is 9.36 Å². The second-order valence-corrected chi connectivity index (χ2v) is 10.4. The summed E-state index contributed by atoms with van der Waals surface area (Å²) < 4.78 is 8.31. The van der Waals surface area contributed by atoms with Crippen LogP contribution in [0.4, 0.5) is 5.69 Å². The molecule has 1 atom stereocenters. The van der Waals surface area contributed by atoms with Crippen molar-refractivity contribution < 1.29 is 4.74 Å². The summed E-state index contributed by atoms with van der Waals surface area (Å²) in [6, 6.07) is 24.5. The van der Waals surface area contributed by atoms with E-state index in [0.717, 1.165) is 51.5 Å². The van der Waals surface area contributed by atoms with Gasteiger partial charge in [-0.05, 0) is 53.8 Å². The zero-order chi connectivity index (χ0) is 24.8. The molecule has 0 fully saturated rings.